The summed E-state index contributed by atoms with van der Waals surface area (Å²) in [4.78, 5) is 0. The van der Waals surface area contributed by atoms with Gasteiger partial charge >= 0.3 is 132 Å². The first kappa shape index (κ1) is 19.5. The molecule has 0 saturated carbocycles. The van der Waals surface area contributed by atoms with Crippen LogP contribution in [-0.4, -0.2) is 0 Å². The fourth-order valence-corrected chi connectivity index (χ4v) is 3.11. The van der Waals surface area contributed by atoms with Gasteiger partial charge in [-0.05, 0) is 0 Å². The molecule has 22 heavy (non-hydrogen) atoms. The maximum atomic E-state index is 5.63. The van der Waals surface area contributed by atoms with Crippen LogP contribution in [0.3, 0.4) is 0 Å². The Morgan fingerprint density at radius 2 is 1.82 bits per heavy atom. The van der Waals surface area contributed by atoms with Gasteiger partial charge in [0.25, 0.3) is 0 Å². The van der Waals surface area contributed by atoms with Crippen molar-refractivity contribution < 1.29 is 49.0 Å². The third-order valence-electron chi connectivity index (χ3n) is 3.95. The second-order valence-electron chi connectivity index (χ2n) is 5.33. The summed E-state index contributed by atoms with van der Waals surface area (Å²) in [7, 11) is 0. The van der Waals surface area contributed by atoms with Crippen LogP contribution in [0.25, 0.3) is 16.3 Å². The monoisotopic (exact) mass is 367 g/mol. The fraction of sp³-hybridized carbons (Fsp3) is 0.222. The van der Waals surface area contributed by atoms with Gasteiger partial charge in [-0.1, -0.05) is 0 Å². The van der Waals surface area contributed by atoms with E-state index in [1.165, 1.54) is 33.0 Å². The van der Waals surface area contributed by atoms with E-state index in [0.29, 0.717) is 0 Å². The van der Waals surface area contributed by atoms with Crippen molar-refractivity contribution in [3.05, 3.63) is 65.3 Å². The van der Waals surface area contributed by atoms with Gasteiger partial charge in [-0.3, -0.25) is 0 Å². The van der Waals surface area contributed by atoms with E-state index in [0.717, 1.165) is 6.42 Å². The molecule has 113 valence electrons. The van der Waals surface area contributed by atoms with Gasteiger partial charge in [-0.25, -0.2) is 0 Å². The van der Waals surface area contributed by atoms with Crippen LogP contribution in [0.4, 0.5) is 0 Å². The fourth-order valence-electron chi connectivity index (χ4n) is 2.92. The molecule has 1 aliphatic carbocycles. The van der Waals surface area contributed by atoms with Crippen LogP contribution >= 0.6 is 0 Å². The van der Waals surface area contributed by atoms with Crippen LogP contribution in [0, 0.1) is 0 Å². The largest absolute Gasteiger partial charge is 1.00 e. The maximum absolute atomic E-state index is 5.63. The second kappa shape index (κ2) is 8.33. The quantitative estimate of drug-likeness (QED) is 0.640. The predicted molar refractivity (Wildman–Crippen MR) is 79.8 cm³/mol. The SMILES string of the molecule is CC1=CCC(c2ccc3ccccc3c2C(C)[O][Ti+2])=C1.[Cl-].[Cl-]. The molecule has 0 radical (unpaired) electrons. The average Bonchev–Trinajstić information content (AvgIpc) is 2.91. The normalized spacial score (nSPS) is 14.7. The molecule has 0 amide bonds. The van der Waals surface area contributed by atoms with Crippen molar-refractivity contribution in [1.29, 1.82) is 0 Å². The van der Waals surface area contributed by atoms with Gasteiger partial charge in [0.05, 0.1) is 0 Å². The third kappa shape index (κ3) is 3.67. The van der Waals surface area contributed by atoms with Crippen molar-refractivity contribution in [2.24, 2.45) is 0 Å². The van der Waals surface area contributed by atoms with Crippen LogP contribution in [0.15, 0.2) is 54.1 Å². The first-order chi connectivity index (χ1) is 9.70. The molecule has 3 rings (SSSR count). The molecule has 0 bridgehead atoms. The minimum absolute atomic E-state index is 0. The van der Waals surface area contributed by atoms with Crippen LogP contribution < -0.4 is 24.8 Å². The van der Waals surface area contributed by atoms with Gasteiger partial charge < -0.3 is 24.8 Å². The van der Waals surface area contributed by atoms with Crippen LogP contribution in [0.2, 0.25) is 0 Å². The number of fused-ring (bicyclic) bond motifs is 1. The summed E-state index contributed by atoms with van der Waals surface area (Å²) in [6.07, 6.45) is 5.69. The summed E-state index contributed by atoms with van der Waals surface area (Å²) < 4.78 is 5.63. The Hall–Kier alpha value is -0.566. The summed E-state index contributed by atoms with van der Waals surface area (Å²) in [5.74, 6) is 0. The Bertz CT molecular complexity index is 722. The molecule has 0 fully saturated rings. The summed E-state index contributed by atoms with van der Waals surface area (Å²) in [5, 5.41) is 2.57. The van der Waals surface area contributed by atoms with Crippen molar-refractivity contribution in [2.45, 2.75) is 26.4 Å². The van der Waals surface area contributed by atoms with Gasteiger partial charge in [-0.15, -0.1) is 0 Å². The molecule has 0 saturated heterocycles. The molecule has 0 aliphatic heterocycles. The van der Waals surface area contributed by atoms with E-state index < -0.39 is 0 Å². The van der Waals surface area contributed by atoms with Crippen molar-refractivity contribution >= 4 is 16.3 Å². The van der Waals surface area contributed by atoms with E-state index in [1.807, 2.05) is 0 Å². The number of allylic oxidation sites excluding steroid dienone is 4. The number of benzene rings is 2. The molecule has 0 N–H and O–H groups in total. The van der Waals surface area contributed by atoms with Crippen molar-refractivity contribution in [2.75, 3.05) is 0 Å². The second-order valence-corrected chi connectivity index (χ2v) is 5.70. The van der Waals surface area contributed by atoms with E-state index in [1.54, 1.807) is 20.8 Å². The van der Waals surface area contributed by atoms with E-state index in [9.17, 15) is 0 Å². The summed E-state index contributed by atoms with van der Waals surface area (Å²) >= 11 is 1.78. The number of rotatable bonds is 3. The molecule has 1 atom stereocenters. The van der Waals surface area contributed by atoms with Crippen LogP contribution in [-0.2, 0) is 24.1 Å². The standard InChI is InChI=1S/C18H17O.2ClH.Ti/c1-12-7-8-15(11-12)17-10-9-14-5-3-4-6-16(14)18(17)13(2)19;;;/h3-7,9-11,13H,8H2,1-2H3;2*1H;/q-1;;;+3/p-2. The Morgan fingerprint density at radius 1 is 1.09 bits per heavy atom. The Morgan fingerprint density at radius 3 is 2.45 bits per heavy atom. The zero-order chi connectivity index (χ0) is 14.1. The van der Waals surface area contributed by atoms with Crippen molar-refractivity contribution in [1.82, 2.24) is 0 Å². The average molecular weight is 368 g/mol. The van der Waals surface area contributed by atoms with Gasteiger partial charge in [0.15, 0.2) is 0 Å². The third-order valence-corrected chi connectivity index (χ3v) is 4.50. The summed E-state index contributed by atoms with van der Waals surface area (Å²) in [6, 6.07) is 13.0. The molecular formula is C18H17Cl2OTi. The molecule has 4 heteroatoms. The van der Waals surface area contributed by atoms with Gasteiger partial charge in [0.2, 0.25) is 0 Å². The molecule has 1 unspecified atom stereocenters. The molecule has 1 nitrogen and oxygen atoms in total. The Kier molecular flexibility index (Phi) is 7.38. The number of hydrogen-bond donors (Lipinski definition) is 0. The Balaban J connectivity index is 0.00000121. The molecule has 2 aromatic carbocycles. The maximum Gasteiger partial charge on any atom is -1.00 e. The van der Waals surface area contributed by atoms with Gasteiger partial charge in [-0.2, -0.15) is 0 Å². The zero-order valence-corrected chi connectivity index (χ0v) is 15.6. The number of halogens is 2. The van der Waals surface area contributed by atoms with E-state index in [-0.39, 0.29) is 30.9 Å². The van der Waals surface area contributed by atoms with E-state index in [4.69, 9.17) is 3.32 Å². The molecule has 0 heterocycles. The molecule has 2 aromatic rings. The smallest absolute Gasteiger partial charge is 1.00 e. The van der Waals surface area contributed by atoms with Crippen LogP contribution in [0.1, 0.15) is 37.5 Å². The molecule has 0 spiro atoms. The van der Waals surface area contributed by atoms with Crippen molar-refractivity contribution in [3.63, 3.8) is 0 Å². The van der Waals surface area contributed by atoms with Crippen molar-refractivity contribution in [3.8, 4) is 0 Å². The first-order valence-corrected chi connectivity index (χ1v) is 7.56. The topological polar surface area (TPSA) is 9.23 Å². The van der Waals surface area contributed by atoms with Gasteiger partial charge in [0.1, 0.15) is 0 Å². The van der Waals surface area contributed by atoms with E-state index in [2.05, 4.69) is 62.4 Å². The molecule has 0 aromatic heterocycles. The molecule has 1 aliphatic rings. The summed E-state index contributed by atoms with van der Waals surface area (Å²) in [5.41, 5.74) is 5.38. The zero-order valence-electron chi connectivity index (χ0n) is 12.6. The minimum Gasteiger partial charge on any atom is -1.00 e. The summed E-state index contributed by atoms with van der Waals surface area (Å²) in [6.45, 7) is 4.29. The first-order valence-electron chi connectivity index (χ1n) is 6.92. The minimum atomic E-state index is 0. The number of hydrogen-bond acceptors (Lipinski definition) is 1. The predicted octanol–water partition coefficient (Wildman–Crippen LogP) is -0.879. The van der Waals surface area contributed by atoms with Gasteiger partial charge in [0, 0.05) is 0 Å². The molecular weight excluding hydrogens is 351 g/mol. The van der Waals surface area contributed by atoms with Crippen LogP contribution in [0.5, 0.6) is 0 Å². The Labute approximate surface area is 156 Å². The van der Waals surface area contributed by atoms with E-state index >= 15 is 0 Å².